The van der Waals surface area contributed by atoms with Crippen LogP contribution in [0.2, 0.25) is 0 Å². The highest BCUT2D eigenvalue weighted by Crippen LogP contribution is 2.43. The number of fused-ring (bicyclic) bond motifs is 3. The number of rotatable bonds is 7. The standard InChI is InChI=1S/C34H23N6O4PS2/c1-43-22-12-8-20(9-13-22)39-18-27(35-37-39)29-16-25-31(46-29)32-26(34(42)45(33(25)41)24-6-4-3-5-7-24)17-30(47-32)28-19-40(38-36-28)21-10-14-23(44-2)15-11-21/h3-19H,1-2H3. The molecule has 0 spiro atoms. The lowest BCUT2D eigenvalue weighted by Gasteiger charge is -2.01. The van der Waals surface area contributed by atoms with E-state index in [4.69, 9.17) is 9.47 Å². The van der Waals surface area contributed by atoms with Gasteiger partial charge in [-0.25, -0.2) is 9.36 Å². The second-order valence-corrected chi connectivity index (χ2v) is 14.6. The SMILES string of the molecule is COc1ccc(-n2cc(-c3cc4c(=O)p(-c5ccccc5)c(=O)c5cc(-c6cn(-c7ccc(OC)cc7)nn6)sc5c4s3)nn2)cc1. The van der Waals surface area contributed by atoms with E-state index in [0.717, 1.165) is 42.0 Å². The second-order valence-electron chi connectivity index (χ2n) is 10.5. The average Bonchev–Trinajstić information content (AvgIpc) is 3.93. The van der Waals surface area contributed by atoms with E-state index in [1.54, 1.807) is 23.6 Å². The predicted molar refractivity (Wildman–Crippen MR) is 188 cm³/mol. The number of benzene rings is 3. The zero-order valence-electron chi connectivity index (χ0n) is 24.9. The molecule has 230 valence electrons. The summed E-state index contributed by atoms with van der Waals surface area (Å²) < 4.78 is 15.4. The van der Waals surface area contributed by atoms with Crippen molar-refractivity contribution in [1.82, 2.24) is 30.0 Å². The molecule has 8 rings (SSSR count). The Balaban J connectivity index is 1.30. The lowest BCUT2D eigenvalue weighted by Crippen LogP contribution is -2.02. The lowest BCUT2D eigenvalue weighted by molar-refractivity contribution is 0.414. The van der Waals surface area contributed by atoms with Crippen LogP contribution < -0.4 is 19.8 Å². The van der Waals surface area contributed by atoms with Gasteiger partial charge in [0.25, 0.3) is 0 Å². The van der Waals surface area contributed by atoms with Crippen molar-refractivity contribution in [3.63, 3.8) is 0 Å². The third-order valence-electron chi connectivity index (χ3n) is 7.72. The maximum atomic E-state index is 14.2. The Kier molecular flexibility index (Phi) is 7.25. The summed E-state index contributed by atoms with van der Waals surface area (Å²) in [5, 5.41) is 18.9. The molecule has 0 amide bonds. The van der Waals surface area contributed by atoms with E-state index in [1.165, 1.54) is 22.7 Å². The monoisotopic (exact) mass is 674 g/mol. The van der Waals surface area contributed by atoms with Crippen LogP contribution in [-0.2, 0) is 0 Å². The highest BCUT2D eigenvalue weighted by Gasteiger charge is 2.21. The molecule has 0 radical (unpaired) electrons. The van der Waals surface area contributed by atoms with Crippen molar-refractivity contribution in [3.8, 4) is 49.3 Å². The van der Waals surface area contributed by atoms with Crippen molar-refractivity contribution >= 4 is 50.4 Å². The van der Waals surface area contributed by atoms with Crippen LogP contribution in [0.25, 0.3) is 58.0 Å². The normalized spacial score (nSPS) is 11.4. The van der Waals surface area contributed by atoms with Crippen LogP contribution in [0.1, 0.15) is 0 Å². The summed E-state index contributed by atoms with van der Waals surface area (Å²) >= 11 is 2.87. The van der Waals surface area contributed by atoms with Gasteiger partial charge in [0.2, 0.25) is 10.3 Å². The quantitative estimate of drug-likeness (QED) is 0.173. The summed E-state index contributed by atoms with van der Waals surface area (Å²) in [6, 6.07) is 28.0. The molecule has 8 aromatic rings. The molecule has 0 saturated heterocycles. The minimum Gasteiger partial charge on any atom is -0.497 e. The van der Waals surface area contributed by atoms with E-state index in [0.29, 0.717) is 27.5 Å². The molecule has 0 fully saturated rings. The Morgan fingerprint density at radius 1 is 0.617 bits per heavy atom. The second kappa shape index (κ2) is 11.7. The summed E-state index contributed by atoms with van der Waals surface area (Å²) in [4.78, 5) is 30.0. The van der Waals surface area contributed by atoms with Crippen LogP contribution in [0.4, 0.5) is 0 Å². The van der Waals surface area contributed by atoms with Crippen molar-refractivity contribution in [1.29, 1.82) is 0 Å². The van der Waals surface area contributed by atoms with Crippen molar-refractivity contribution < 1.29 is 9.47 Å². The van der Waals surface area contributed by atoms with Crippen LogP contribution in [0.3, 0.4) is 0 Å². The van der Waals surface area contributed by atoms with Crippen molar-refractivity contribution in [2.45, 2.75) is 0 Å². The largest absolute Gasteiger partial charge is 0.497 e. The molecule has 5 heterocycles. The van der Waals surface area contributed by atoms with Crippen LogP contribution in [-0.4, -0.2) is 44.2 Å². The fourth-order valence-corrected chi connectivity index (χ4v) is 9.79. The van der Waals surface area contributed by atoms with Gasteiger partial charge < -0.3 is 9.47 Å². The summed E-state index contributed by atoms with van der Waals surface area (Å²) in [5.41, 5.74) is 2.90. The van der Waals surface area contributed by atoms with Crippen LogP contribution in [0.5, 0.6) is 11.5 Å². The molecule has 0 unspecified atom stereocenters. The topological polar surface area (TPSA) is 114 Å². The Bertz CT molecular complexity index is 2380. The predicted octanol–water partition coefficient (Wildman–Crippen LogP) is 7.32. The van der Waals surface area contributed by atoms with Crippen LogP contribution in [0.15, 0.2) is 113 Å². The maximum Gasteiger partial charge on any atom is 0.213 e. The van der Waals surface area contributed by atoms with E-state index in [9.17, 15) is 9.59 Å². The summed E-state index contributed by atoms with van der Waals surface area (Å²) in [6.07, 6.45) is 3.67. The highest BCUT2D eigenvalue weighted by atomic mass is 32.1. The Hall–Kier alpha value is -5.42. The number of ether oxygens (including phenoxy) is 2. The molecule has 0 bridgehead atoms. The summed E-state index contributed by atoms with van der Waals surface area (Å²) in [6.45, 7) is 0. The first-order valence-corrected chi connectivity index (χ1v) is 17.3. The molecule has 47 heavy (non-hydrogen) atoms. The van der Waals surface area contributed by atoms with E-state index >= 15 is 0 Å². The van der Waals surface area contributed by atoms with Gasteiger partial charge in [0.1, 0.15) is 22.9 Å². The molecule has 3 aromatic carbocycles. The van der Waals surface area contributed by atoms with Gasteiger partial charge >= 0.3 is 0 Å². The first-order valence-electron chi connectivity index (χ1n) is 14.4. The number of thiophene rings is 2. The molecule has 0 aliphatic carbocycles. The highest BCUT2D eigenvalue weighted by molar-refractivity contribution is 7.55. The van der Waals surface area contributed by atoms with Gasteiger partial charge in [0.15, 0.2) is 0 Å². The van der Waals surface area contributed by atoms with Crippen molar-refractivity contribution in [3.05, 3.63) is 123 Å². The fourth-order valence-electron chi connectivity index (χ4n) is 5.31. The molecule has 0 aliphatic heterocycles. The zero-order valence-corrected chi connectivity index (χ0v) is 27.4. The van der Waals surface area contributed by atoms with Crippen LogP contribution >= 0.6 is 30.2 Å². The number of aromatic nitrogens is 6. The van der Waals surface area contributed by atoms with Gasteiger partial charge in [-0.1, -0.05) is 40.8 Å². The fraction of sp³-hybridized carbons (Fsp3) is 0.0588. The van der Waals surface area contributed by atoms with E-state index < -0.39 is 7.53 Å². The third-order valence-corrected chi connectivity index (χ3v) is 12.3. The molecule has 0 N–H and O–H groups in total. The van der Waals surface area contributed by atoms with E-state index in [-0.39, 0.29) is 10.3 Å². The van der Waals surface area contributed by atoms with E-state index in [2.05, 4.69) is 20.6 Å². The molecular formula is C34H23N6O4PS2. The number of hydrogen-bond acceptors (Lipinski definition) is 10. The van der Waals surface area contributed by atoms with E-state index in [1.807, 2.05) is 103 Å². The lowest BCUT2D eigenvalue weighted by atomic mass is 10.2. The molecule has 5 aromatic heterocycles. The van der Waals surface area contributed by atoms with Crippen molar-refractivity contribution in [2.75, 3.05) is 14.2 Å². The molecular weight excluding hydrogens is 652 g/mol. The third kappa shape index (κ3) is 5.12. The first-order chi connectivity index (χ1) is 23.0. The molecule has 0 atom stereocenters. The van der Waals surface area contributed by atoms with Gasteiger partial charge in [-0.2, -0.15) is 0 Å². The average molecular weight is 675 g/mol. The Morgan fingerprint density at radius 2 is 1.06 bits per heavy atom. The zero-order chi connectivity index (χ0) is 32.1. The van der Waals surface area contributed by atoms with Crippen LogP contribution in [0, 0.1) is 0 Å². The van der Waals surface area contributed by atoms with Crippen molar-refractivity contribution in [2.24, 2.45) is 0 Å². The minimum atomic E-state index is -1.84. The Labute approximate surface area is 275 Å². The number of hydrogen-bond donors (Lipinski definition) is 0. The molecule has 0 saturated carbocycles. The first kappa shape index (κ1) is 29.0. The van der Waals surface area contributed by atoms with Gasteiger partial charge in [0.05, 0.1) is 57.1 Å². The summed E-state index contributed by atoms with van der Waals surface area (Å²) in [7, 11) is 1.40. The van der Waals surface area contributed by atoms with Gasteiger partial charge in [-0.05, 0) is 60.7 Å². The minimum absolute atomic E-state index is 0.174. The summed E-state index contributed by atoms with van der Waals surface area (Å²) in [5.74, 6) is 1.49. The number of methoxy groups -OCH3 is 2. The molecule has 13 heteroatoms. The van der Waals surface area contributed by atoms with Gasteiger partial charge in [-0.15, -0.1) is 32.9 Å². The van der Waals surface area contributed by atoms with Gasteiger partial charge in [-0.3, -0.25) is 9.59 Å². The Morgan fingerprint density at radius 3 is 1.49 bits per heavy atom. The van der Waals surface area contributed by atoms with Gasteiger partial charge in [0, 0.05) is 23.6 Å². The number of nitrogens with zero attached hydrogens (tertiary/aromatic N) is 6. The molecule has 0 aliphatic rings. The maximum absolute atomic E-state index is 14.2. The smallest absolute Gasteiger partial charge is 0.213 e. The molecule has 10 nitrogen and oxygen atoms in total.